The van der Waals surface area contributed by atoms with Crippen LogP contribution in [0.5, 0.6) is 0 Å². The van der Waals surface area contributed by atoms with E-state index in [9.17, 15) is 4.79 Å². The highest BCUT2D eigenvalue weighted by Crippen LogP contribution is 2.18. The van der Waals surface area contributed by atoms with Crippen molar-refractivity contribution in [1.82, 2.24) is 14.7 Å². The van der Waals surface area contributed by atoms with Crippen molar-refractivity contribution in [3.05, 3.63) is 12.4 Å². The number of hydrogen-bond donors (Lipinski definition) is 1. The van der Waals surface area contributed by atoms with Crippen molar-refractivity contribution >= 4 is 11.8 Å². The minimum atomic E-state index is -0.444. The lowest BCUT2D eigenvalue weighted by atomic mass is 10.1. The number of amides is 1. The maximum atomic E-state index is 12.1. The highest BCUT2D eigenvalue weighted by Gasteiger charge is 2.27. The number of aryl methyl sites for hydroxylation is 1. The summed E-state index contributed by atoms with van der Waals surface area (Å²) in [4.78, 5) is 13.9. The largest absolute Gasteiger partial charge is 0.444 e. The fourth-order valence-corrected chi connectivity index (χ4v) is 2.32. The number of piperidine rings is 1. The van der Waals surface area contributed by atoms with Gasteiger partial charge < -0.3 is 15.0 Å². The molecule has 0 saturated carbocycles. The van der Waals surface area contributed by atoms with Crippen LogP contribution in [0.3, 0.4) is 0 Å². The lowest BCUT2D eigenvalue weighted by Crippen LogP contribution is -2.46. The second-order valence-electron chi connectivity index (χ2n) is 6.31. The quantitative estimate of drug-likeness (QED) is 0.902. The number of nitrogens with zero attached hydrogens (tertiary/aromatic N) is 3. The molecule has 0 bridgehead atoms. The molecule has 1 aliphatic rings. The third-order valence-electron chi connectivity index (χ3n) is 3.15. The maximum Gasteiger partial charge on any atom is 0.410 e. The molecular weight excluding hydrogens is 256 g/mol. The number of hydrogen-bond acceptors (Lipinski definition) is 4. The Bertz CT molecular complexity index is 464. The van der Waals surface area contributed by atoms with E-state index in [-0.39, 0.29) is 12.1 Å². The van der Waals surface area contributed by atoms with Crippen LogP contribution in [0.1, 0.15) is 33.6 Å². The van der Waals surface area contributed by atoms with E-state index in [0.717, 1.165) is 25.1 Å². The van der Waals surface area contributed by atoms with Gasteiger partial charge in [-0.25, -0.2) is 4.79 Å². The summed E-state index contributed by atoms with van der Waals surface area (Å²) in [6, 6.07) is 0.250. The van der Waals surface area contributed by atoms with E-state index in [1.165, 1.54) is 0 Å². The molecule has 0 radical (unpaired) electrons. The summed E-state index contributed by atoms with van der Waals surface area (Å²) in [6.07, 6.45) is 5.54. The third kappa shape index (κ3) is 4.15. The van der Waals surface area contributed by atoms with E-state index >= 15 is 0 Å². The zero-order valence-electron chi connectivity index (χ0n) is 12.7. The Labute approximate surface area is 120 Å². The molecule has 1 saturated heterocycles. The van der Waals surface area contributed by atoms with Crippen LogP contribution in [0, 0.1) is 0 Å². The molecule has 20 heavy (non-hydrogen) atoms. The van der Waals surface area contributed by atoms with Gasteiger partial charge in [-0.2, -0.15) is 5.10 Å². The molecule has 2 heterocycles. The SMILES string of the molecule is Cn1cc(N[C@H]2CCCN(C(=O)OC(C)(C)C)C2)cn1. The average Bonchev–Trinajstić information content (AvgIpc) is 2.73. The predicted octanol–water partition coefficient (Wildman–Crippen LogP) is 2.23. The lowest BCUT2D eigenvalue weighted by Gasteiger charge is -2.34. The van der Waals surface area contributed by atoms with Crippen LogP contribution in [0.25, 0.3) is 0 Å². The van der Waals surface area contributed by atoms with Crippen molar-refractivity contribution in [2.75, 3.05) is 18.4 Å². The maximum absolute atomic E-state index is 12.1. The van der Waals surface area contributed by atoms with Crippen molar-refractivity contribution in [2.24, 2.45) is 7.05 Å². The molecule has 0 spiro atoms. The van der Waals surface area contributed by atoms with Gasteiger partial charge in [0.25, 0.3) is 0 Å². The van der Waals surface area contributed by atoms with Crippen LogP contribution < -0.4 is 5.32 Å². The van der Waals surface area contributed by atoms with Gasteiger partial charge >= 0.3 is 6.09 Å². The molecule has 1 aromatic heterocycles. The zero-order chi connectivity index (χ0) is 14.8. The summed E-state index contributed by atoms with van der Waals surface area (Å²) >= 11 is 0. The number of ether oxygens (including phenoxy) is 1. The van der Waals surface area contributed by atoms with Crippen molar-refractivity contribution < 1.29 is 9.53 Å². The third-order valence-corrected chi connectivity index (χ3v) is 3.15. The second-order valence-corrected chi connectivity index (χ2v) is 6.31. The second kappa shape index (κ2) is 5.73. The van der Waals surface area contributed by atoms with E-state index in [1.807, 2.05) is 34.0 Å². The minimum Gasteiger partial charge on any atom is -0.444 e. The molecule has 1 atom stereocenters. The van der Waals surface area contributed by atoms with Gasteiger partial charge in [0.1, 0.15) is 5.60 Å². The minimum absolute atomic E-state index is 0.227. The molecule has 0 unspecified atom stereocenters. The normalized spacial score (nSPS) is 19.8. The van der Waals surface area contributed by atoms with Crippen LogP contribution >= 0.6 is 0 Å². The standard InChI is InChI=1S/C14H24N4O2/c1-14(2,3)20-13(19)18-7-5-6-11(10-18)16-12-8-15-17(4)9-12/h8-9,11,16H,5-7,10H2,1-4H3/t11-/m0/s1. The summed E-state index contributed by atoms with van der Waals surface area (Å²) < 4.78 is 7.18. The molecule has 1 N–H and O–H groups in total. The summed E-state index contributed by atoms with van der Waals surface area (Å²) in [6.45, 7) is 7.10. The molecule has 2 rings (SSSR count). The Balaban J connectivity index is 1.90. The first kappa shape index (κ1) is 14.7. The number of aromatic nitrogens is 2. The first-order valence-corrected chi connectivity index (χ1v) is 7.06. The predicted molar refractivity (Wildman–Crippen MR) is 77.7 cm³/mol. The molecule has 0 aliphatic carbocycles. The van der Waals surface area contributed by atoms with Crippen LogP contribution in [0.2, 0.25) is 0 Å². The Kier molecular flexibility index (Phi) is 4.20. The number of carbonyl (C=O) groups excluding carboxylic acids is 1. The molecule has 1 aliphatic heterocycles. The number of nitrogens with one attached hydrogen (secondary N) is 1. The fourth-order valence-electron chi connectivity index (χ4n) is 2.32. The van der Waals surface area contributed by atoms with Crippen LogP contribution in [-0.2, 0) is 11.8 Å². The van der Waals surface area contributed by atoms with Gasteiger partial charge in [-0.15, -0.1) is 0 Å². The Morgan fingerprint density at radius 1 is 1.50 bits per heavy atom. The molecule has 6 nitrogen and oxygen atoms in total. The van der Waals surface area contributed by atoms with Crippen LogP contribution in [0.15, 0.2) is 12.4 Å². The highest BCUT2D eigenvalue weighted by molar-refractivity contribution is 5.68. The molecule has 1 fully saturated rings. The van der Waals surface area contributed by atoms with E-state index in [4.69, 9.17) is 4.74 Å². The van der Waals surface area contributed by atoms with Crippen molar-refractivity contribution in [1.29, 1.82) is 0 Å². The molecule has 1 amide bonds. The summed E-state index contributed by atoms with van der Waals surface area (Å²) in [7, 11) is 1.89. The van der Waals surface area contributed by atoms with Crippen molar-refractivity contribution in [3.63, 3.8) is 0 Å². The van der Waals surface area contributed by atoms with Gasteiger partial charge in [-0.05, 0) is 33.6 Å². The van der Waals surface area contributed by atoms with E-state index in [1.54, 1.807) is 15.8 Å². The molecule has 1 aromatic rings. The van der Waals surface area contributed by atoms with E-state index < -0.39 is 5.60 Å². The summed E-state index contributed by atoms with van der Waals surface area (Å²) in [5.41, 5.74) is 0.546. The Hall–Kier alpha value is -1.72. The topological polar surface area (TPSA) is 59.4 Å². The monoisotopic (exact) mass is 280 g/mol. The van der Waals surface area contributed by atoms with Gasteiger partial charge in [-0.1, -0.05) is 0 Å². The summed E-state index contributed by atoms with van der Waals surface area (Å²) in [5, 5.41) is 7.55. The van der Waals surface area contributed by atoms with E-state index in [2.05, 4.69) is 10.4 Å². The molecular formula is C14H24N4O2. The van der Waals surface area contributed by atoms with Gasteiger partial charge in [0, 0.05) is 32.4 Å². The van der Waals surface area contributed by atoms with Gasteiger partial charge in [0.05, 0.1) is 11.9 Å². The van der Waals surface area contributed by atoms with E-state index in [0.29, 0.717) is 6.54 Å². The number of carbonyl (C=O) groups is 1. The van der Waals surface area contributed by atoms with Gasteiger partial charge in [0.15, 0.2) is 0 Å². The summed E-state index contributed by atoms with van der Waals surface area (Å²) in [5.74, 6) is 0. The lowest BCUT2D eigenvalue weighted by molar-refractivity contribution is 0.0206. The fraction of sp³-hybridized carbons (Fsp3) is 0.714. The number of rotatable bonds is 2. The average molecular weight is 280 g/mol. The number of likely N-dealkylation sites (tertiary alicyclic amines) is 1. The smallest absolute Gasteiger partial charge is 0.410 e. The first-order chi connectivity index (χ1) is 9.33. The molecule has 6 heteroatoms. The van der Waals surface area contributed by atoms with Crippen LogP contribution in [0.4, 0.5) is 10.5 Å². The molecule has 0 aromatic carbocycles. The van der Waals surface area contributed by atoms with Gasteiger partial charge in [0.2, 0.25) is 0 Å². The van der Waals surface area contributed by atoms with Crippen LogP contribution in [-0.4, -0.2) is 45.5 Å². The van der Waals surface area contributed by atoms with Gasteiger partial charge in [-0.3, -0.25) is 4.68 Å². The highest BCUT2D eigenvalue weighted by atomic mass is 16.6. The Morgan fingerprint density at radius 3 is 2.85 bits per heavy atom. The first-order valence-electron chi connectivity index (χ1n) is 7.06. The Morgan fingerprint density at radius 2 is 2.25 bits per heavy atom. The number of anilines is 1. The van der Waals surface area contributed by atoms with Crippen molar-refractivity contribution in [3.8, 4) is 0 Å². The molecule has 112 valence electrons. The zero-order valence-corrected chi connectivity index (χ0v) is 12.7. The van der Waals surface area contributed by atoms with Crippen molar-refractivity contribution in [2.45, 2.75) is 45.3 Å².